The summed E-state index contributed by atoms with van der Waals surface area (Å²) in [6.45, 7) is 9.24. The van der Waals surface area contributed by atoms with Gasteiger partial charge in [0.1, 0.15) is 15.9 Å². The van der Waals surface area contributed by atoms with Crippen molar-refractivity contribution < 1.29 is 4.74 Å². The number of aromatic nitrogens is 6. The minimum Gasteiger partial charge on any atom is -0.370 e. The molecule has 0 saturated heterocycles. The first-order valence-electron chi connectivity index (χ1n) is 8.39. The first-order chi connectivity index (χ1) is 11.9. The van der Waals surface area contributed by atoms with E-state index in [1.165, 1.54) is 11.1 Å². The number of thiophene rings is 1. The van der Waals surface area contributed by atoms with Gasteiger partial charge >= 0.3 is 0 Å². The maximum Gasteiger partial charge on any atom is 0.200 e. The lowest BCUT2D eigenvalue weighted by Crippen LogP contribution is -2.32. The van der Waals surface area contributed by atoms with Crippen LogP contribution < -0.4 is 0 Å². The standard InChI is InChI=1S/C17H18N6OS/c1-8(2)12-10-6-24-17(3,4)5-9(10)11-13-14(25-16(11)19-12)15-20-21-22-23(15)7-18-13/h7-8H,5-6H2,1-4H3. The second-order valence-corrected chi connectivity index (χ2v) is 8.48. The molecule has 0 saturated carbocycles. The SMILES string of the molecule is CC(C)c1nc2sc3c(ncn4nnnc34)c2c2c1COC(C)(C)C2. The number of rotatable bonds is 1. The van der Waals surface area contributed by atoms with Crippen LogP contribution in [0.15, 0.2) is 6.33 Å². The Kier molecular flexibility index (Phi) is 2.97. The monoisotopic (exact) mass is 354 g/mol. The van der Waals surface area contributed by atoms with E-state index in [4.69, 9.17) is 9.72 Å². The zero-order valence-electron chi connectivity index (χ0n) is 14.6. The third-order valence-electron chi connectivity index (χ3n) is 4.81. The number of tetrazole rings is 1. The molecule has 0 spiro atoms. The molecule has 25 heavy (non-hydrogen) atoms. The summed E-state index contributed by atoms with van der Waals surface area (Å²) in [5, 5.41) is 13.0. The second-order valence-electron chi connectivity index (χ2n) is 7.49. The van der Waals surface area contributed by atoms with Crippen LogP contribution in [0, 0.1) is 0 Å². The van der Waals surface area contributed by atoms with Crippen LogP contribution in [0.4, 0.5) is 0 Å². The molecule has 0 aromatic carbocycles. The van der Waals surface area contributed by atoms with Gasteiger partial charge in [0.15, 0.2) is 5.65 Å². The number of nitrogens with zero attached hydrogens (tertiary/aromatic N) is 6. The topological polar surface area (TPSA) is 78.1 Å². The molecule has 0 unspecified atom stereocenters. The van der Waals surface area contributed by atoms with Crippen LogP contribution >= 0.6 is 11.3 Å². The van der Waals surface area contributed by atoms with E-state index in [-0.39, 0.29) is 5.60 Å². The van der Waals surface area contributed by atoms with Crippen LogP contribution in [0.1, 0.15) is 50.4 Å². The number of hydrogen-bond acceptors (Lipinski definition) is 7. The Balaban J connectivity index is 1.95. The lowest BCUT2D eigenvalue weighted by molar-refractivity contribution is -0.0402. The Morgan fingerprint density at radius 1 is 1.28 bits per heavy atom. The summed E-state index contributed by atoms with van der Waals surface area (Å²) in [7, 11) is 0. The fourth-order valence-electron chi connectivity index (χ4n) is 3.63. The molecule has 7 nitrogen and oxygen atoms in total. The molecule has 1 aliphatic rings. The van der Waals surface area contributed by atoms with Crippen molar-refractivity contribution in [1.82, 2.24) is 30.0 Å². The van der Waals surface area contributed by atoms with E-state index in [1.807, 2.05) is 0 Å². The van der Waals surface area contributed by atoms with Gasteiger partial charge in [-0.05, 0) is 35.8 Å². The zero-order chi connectivity index (χ0) is 17.3. The normalized spacial score (nSPS) is 17.0. The van der Waals surface area contributed by atoms with E-state index in [0.717, 1.165) is 38.2 Å². The highest BCUT2D eigenvalue weighted by Crippen LogP contribution is 2.42. The van der Waals surface area contributed by atoms with Gasteiger partial charge in [-0.15, -0.1) is 16.4 Å². The number of hydrogen-bond donors (Lipinski definition) is 0. The summed E-state index contributed by atoms with van der Waals surface area (Å²) in [6.07, 6.45) is 2.53. The van der Waals surface area contributed by atoms with Crippen molar-refractivity contribution in [2.24, 2.45) is 0 Å². The first kappa shape index (κ1) is 15.1. The van der Waals surface area contributed by atoms with E-state index in [0.29, 0.717) is 12.5 Å². The third-order valence-corrected chi connectivity index (χ3v) is 5.88. The van der Waals surface area contributed by atoms with E-state index < -0.39 is 0 Å². The molecule has 0 fully saturated rings. The zero-order valence-corrected chi connectivity index (χ0v) is 15.4. The predicted octanol–water partition coefficient (Wildman–Crippen LogP) is 3.26. The minimum absolute atomic E-state index is 0.190. The van der Waals surface area contributed by atoms with E-state index in [9.17, 15) is 0 Å². The molecule has 0 radical (unpaired) electrons. The smallest absolute Gasteiger partial charge is 0.200 e. The van der Waals surface area contributed by atoms with Crippen LogP contribution in [0.3, 0.4) is 0 Å². The van der Waals surface area contributed by atoms with Gasteiger partial charge in [0.05, 0.1) is 23.4 Å². The molecular formula is C17H18N6OS. The maximum atomic E-state index is 6.08. The molecule has 5 rings (SSSR count). The van der Waals surface area contributed by atoms with Crippen molar-refractivity contribution in [2.45, 2.75) is 52.2 Å². The maximum absolute atomic E-state index is 6.08. The average molecular weight is 354 g/mol. The molecule has 4 aromatic heterocycles. The Morgan fingerprint density at radius 3 is 2.92 bits per heavy atom. The molecule has 5 heterocycles. The highest BCUT2D eigenvalue weighted by Gasteiger charge is 2.32. The Labute approximate surface area is 148 Å². The van der Waals surface area contributed by atoms with E-state index in [2.05, 4.69) is 48.2 Å². The van der Waals surface area contributed by atoms with E-state index in [1.54, 1.807) is 22.2 Å². The fraction of sp³-hybridized carbons (Fsp3) is 0.471. The van der Waals surface area contributed by atoms with Gasteiger partial charge in [-0.1, -0.05) is 13.8 Å². The van der Waals surface area contributed by atoms with Crippen molar-refractivity contribution >= 4 is 37.4 Å². The summed E-state index contributed by atoms with van der Waals surface area (Å²) < 4.78 is 8.68. The number of ether oxygens (including phenoxy) is 1. The lowest BCUT2D eigenvalue weighted by atomic mass is 9.87. The second kappa shape index (κ2) is 4.92. The largest absolute Gasteiger partial charge is 0.370 e. The van der Waals surface area contributed by atoms with Gasteiger partial charge in [-0.2, -0.15) is 4.52 Å². The third kappa shape index (κ3) is 2.10. The quantitative estimate of drug-likeness (QED) is 0.522. The van der Waals surface area contributed by atoms with Crippen molar-refractivity contribution in [3.05, 3.63) is 23.1 Å². The van der Waals surface area contributed by atoms with Gasteiger partial charge in [0.2, 0.25) is 0 Å². The molecule has 0 N–H and O–H groups in total. The average Bonchev–Trinajstić information content (AvgIpc) is 3.16. The Bertz CT molecular complexity index is 1140. The van der Waals surface area contributed by atoms with Gasteiger partial charge in [0, 0.05) is 17.4 Å². The van der Waals surface area contributed by atoms with Gasteiger partial charge in [-0.3, -0.25) is 0 Å². The molecule has 8 heteroatoms. The highest BCUT2D eigenvalue weighted by molar-refractivity contribution is 7.26. The molecular weight excluding hydrogens is 336 g/mol. The van der Waals surface area contributed by atoms with E-state index >= 15 is 0 Å². The molecule has 0 aliphatic carbocycles. The number of fused-ring (bicyclic) bond motifs is 7. The van der Waals surface area contributed by atoms with Crippen molar-refractivity contribution in [1.29, 1.82) is 0 Å². The first-order valence-corrected chi connectivity index (χ1v) is 9.21. The molecule has 0 amide bonds. The summed E-state index contributed by atoms with van der Waals surface area (Å²) in [5.74, 6) is 0.343. The predicted molar refractivity (Wildman–Crippen MR) is 95.9 cm³/mol. The minimum atomic E-state index is -0.190. The van der Waals surface area contributed by atoms with Crippen molar-refractivity contribution in [2.75, 3.05) is 0 Å². The molecule has 1 aliphatic heterocycles. The Morgan fingerprint density at radius 2 is 2.12 bits per heavy atom. The molecule has 0 bridgehead atoms. The van der Waals surface area contributed by atoms with Crippen LogP contribution in [0.25, 0.3) is 26.1 Å². The molecule has 4 aromatic rings. The van der Waals surface area contributed by atoms with Crippen LogP contribution in [0.5, 0.6) is 0 Å². The van der Waals surface area contributed by atoms with Crippen LogP contribution in [-0.2, 0) is 17.8 Å². The van der Waals surface area contributed by atoms with Crippen molar-refractivity contribution in [3.8, 4) is 0 Å². The summed E-state index contributed by atoms with van der Waals surface area (Å²) in [4.78, 5) is 10.6. The highest BCUT2D eigenvalue weighted by atomic mass is 32.1. The summed E-state index contributed by atoms with van der Waals surface area (Å²) in [5.41, 5.74) is 5.16. The van der Waals surface area contributed by atoms with Crippen LogP contribution in [-0.4, -0.2) is 35.6 Å². The van der Waals surface area contributed by atoms with Gasteiger partial charge in [-0.25, -0.2) is 9.97 Å². The Hall–Kier alpha value is -2.19. The number of pyridine rings is 1. The molecule has 0 atom stereocenters. The van der Waals surface area contributed by atoms with Crippen molar-refractivity contribution in [3.63, 3.8) is 0 Å². The fourth-order valence-corrected chi connectivity index (χ4v) is 4.77. The molecule has 128 valence electrons. The lowest BCUT2D eigenvalue weighted by Gasteiger charge is -2.33. The van der Waals surface area contributed by atoms with Gasteiger partial charge < -0.3 is 4.74 Å². The van der Waals surface area contributed by atoms with Gasteiger partial charge in [0.25, 0.3) is 0 Å². The summed E-state index contributed by atoms with van der Waals surface area (Å²) in [6, 6.07) is 0. The van der Waals surface area contributed by atoms with Crippen LogP contribution in [0.2, 0.25) is 0 Å². The summed E-state index contributed by atoms with van der Waals surface area (Å²) >= 11 is 1.62.